The van der Waals surface area contributed by atoms with Gasteiger partial charge >= 0.3 is 17.9 Å². The molecule has 0 saturated carbocycles. The second-order valence-electron chi connectivity index (χ2n) is 17.5. The second kappa shape index (κ2) is 42.0. The van der Waals surface area contributed by atoms with Crippen molar-refractivity contribution in [1.82, 2.24) is 0 Å². The molecule has 326 valence electrons. The van der Waals surface area contributed by atoms with Crippen LogP contribution < -0.4 is 0 Å². The smallest absolute Gasteiger partial charge is 0.306 e. The number of carbonyl (C=O) groups is 3. The van der Waals surface area contributed by atoms with Gasteiger partial charge < -0.3 is 14.2 Å². The summed E-state index contributed by atoms with van der Waals surface area (Å²) in [5.74, 6) is 0.786. The number of hydrogen-bond acceptors (Lipinski definition) is 6. The van der Waals surface area contributed by atoms with Crippen LogP contribution in [0.5, 0.6) is 0 Å². The summed E-state index contributed by atoms with van der Waals surface area (Å²) in [6.07, 6.45) is 40.8. The molecule has 0 N–H and O–H groups in total. The van der Waals surface area contributed by atoms with Crippen LogP contribution in [-0.4, -0.2) is 37.2 Å². The van der Waals surface area contributed by atoms with Gasteiger partial charge in [0.1, 0.15) is 13.2 Å². The van der Waals surface area contributed by atoms with Crippen LogP contribution in [-0.2, 0) is 28.6 Å². The molecule has 2 atom stereocenters. The predicted octanol–water partition coefficient (Wildman–Crippen LogP) is 15.4. The molecule has 0 heterocycles. The van der Waals surface area contributed by atoms with Crippen LogP contribution in [0, 0.1) is 11.8 Å². The third-order valence-electron chi connectivity index (χ3n) is 11.3. The minimum Gasteiger partial charge on any atom is -0.462 e. The van der Waals surface area contributed by atoms with E-state index in [0.717, 1.165) is 69.6 Å². The largest absolute Gasteiger partial charge is 0.462 e. The fourth-order valence-electron chi connectivity index (χ4n) is 7.25. The molecule has 0 amide bonds. The highest BCUT2D eigenvalue weighted by atomic mass is 16.6. The number of esters is 3. The van der Waals surface area contributed by atoms with Crippen molar-refractivity contribution in [2.75, 3.05) is 13.2 Å². The lowest BCUT2D eigenvalue weighted by molar-refractivity contribution is -0.167. The van der Waals surface area contributed by atoms with Crippen molar-refractivity contribution in [3.05, 3.63) is 0 Å². The summed E-state index contributed by atoms with van der Waals surface area (Å²) >= 11 is 0. The van der Waals surface area contributed by atoms with Gasteiger partial charge in [0.05, 0.1) is 0 Å². The van der Waals surface area contributed by atoms with Crippen molar-refractivity contribution in [3.63, 3.8) is 0 Å². The van der Waals surface area contributed by atoms with Gasteiger partial charge in [-0.3, -0.25) is 14.4 Å². The predicted molar refractivity (Wildman–Crippen MR) is 233 cm³/mol. The van der Waals surface area contributed by atoms with Gasteiger partial charge in [-0.05, 0) is 31.1 Å². The Hall–Kier alpha value is -1.59. The third kappa shape index (κ3) is 41.9. The number of carbonyl (C=O) groups excluding carboxylic acids is 3. The molecular formula is C49H94O6. The Bertz CT molecular complexity index is 841. The van der Waals surface area contributed by atoms with Crippen LogP contribution in [0.15, 0.2) is 0 Å². The Balaban J connectivity index is 4.33. The zero-order chi connectivity index (χ0) is 40.5. The fraction of sp³-hybridized carbons (Fsp3) is 0.939. The van der Waals surface area contributed by atoms with Crippen LogP contribution in [0.2, 0.25) is 0 Å². The summed E-state index contributed by atoms with van der Waals surface area (Å²) in [6.45, 7) is 11.3. The maximum atomic E-state index is 12.7. The van der Waals surface area contributed by atoms with E-state index in [1.165, 1.54) is 154 Å². The number of unbranched alkanes of at least 4 members (excludes halogenated alkanes) is 27. The van der Waals surface area contributed by atoms with Gasteiger partial charge in [-0.15, -0.1) is 0 Å². The summed E-state index contributed by atoms with van der Waals surface area (Å²) in [7, 11) is 0. The molecule has 0 aliphatic rings. The lowest BCUT2D eigenvalue weighted by Gasteiger charge is -2.18. The first kappa shape index (κ1) is 53.4. The van der Waals surface area contributed by atoms with Gasteiger partial charge in [0.15, 0.2) is 6.10 Å². The second-order valence-corrected chi connectivity index (χ2v) is 17.5. The molecule has 6 nitrogen and oxygen atoms in total. The molecular weight excluding hydrogens is 685 g/mol. The third-order valence-corrected chi connectivity index (χ3v) is 11.3. The normalized spacial score (nSPS) is 12.5. The number of ether oxygens (including phenoxy) is 3. The van der Waals surface area contributed by atoms with Crippen molar-refractivity contribution in [2.45, 2.75) is 272 Å². The van der Waals surface area contributed by atoms with Crippen LogP contribution >= 0.6 is 0 Å². The van der Waals surface area contributed by atoms with Gasteiger partial charge in [0.25, 0.3) is 0 Å². The van der Waals surface area contributed by atoms with E-state index < -0.39 is 6.10 Å². The van der Waals surface area contributed by atoms with Gasteiger partial charge in [-0.1, -0.05) is 227 Å². The minimum absolute atomic E-state index is 0.0649. The topological polar surface area (TPSA) is 78.9 Å². The summed E-state index contributed by atoms with van der Waals surface area (Å²) < 4.78 is 16.8. The lowest BCUT2D eigenvalue weighted by atomic mass is 10.00. The van der Waals surface area contributed by atoms with Crippen molar-refractivity contribution < 1.29 is 28.6 Å². The van der Waals surface area contributed by atoms with Crippen molar-refractivity contribution in [2.24, 2.45) is 11.8 Å². The Kier molecular flexibility index (Phi) is 40.8. The molecule has 0 saturated heterocycles. The molecule has 0 spiro atoms. The number of rotatable bonds is 43. The Morgan fingerprint density at radius 2 is 0.691 bits per heavy atom. The van der Waals surface area contributed by atoms with Crippen molar-refractivity contribution >= 4 is 17.9 Å². The molecule has 0 bridgehead atoms. The quantitative estimate of drug-likeness (QED) is 0.0348. The van der Waals surface area contributed by atoms with E-state index in [9.17, 15) is 14.4 Å². The molecule has 0 aromatic carbocycles. The molecule has 0 radical (unpaired) electrons. The first-order valence-electron chi connectivity index (χ1n) is 24.3. The van der Waals surface area contributed by atoms with Crippen LogP contribution in [0.4, 0.5) is 0 Å². The van der Waals surface area contributed by atoms with Crippen LogP contribution in [0.3, 0.4) is 0 Å². The highest BCUT2D eigenvalue weighted by molar-refractivity contribution is 5.71. The molecule has 0 fully saturated rings. The molecule has 0 aromatic heterocycles. The van der Waals surface area contributed by atoms with Gasteiger partial charge in [-0.2, -0.15) is 0 Å². The maximum absolute atomic E-state index is 12.7. The molecule has 1 unspecified atom stereocenters. The minimum atomic E-state index is -0.761. The summed E-state index contributed by atoms with van der Waals surface area (Å²) in [6, 6.07) is 0. The monoisotopic (exact) mass is 779 g/mol. The zero-order valence-electron chi connectivity index (χ0n) is 37.6. The first-order valence-corrected chi connectivity index (χ1v) is 24.3. The van der Waals surface area contributed by atoms with E-state index >= 15 is 0 Å². The zero-order valence-corrected chi connectivity index (χ0v) is 37.6. The molecule has 55 heavy (non-hydrogen) atoms. The molecule has 0 aliphatic heterocycles. The van der Waals surface area contributed by atoms with E-state index in [4.69, 9.17) is 14.2 Å². The average Bonchev–Trinajstić information content (AvgIpc) is 3.17. The van der Waals surface area contributed by atoms with Crippen molar-refractivity contribution in [1.29, 1.82) is 0 Å². The van der Waals surface area contributed by atoms with Crippen LogP contribution in [0.1, 0.15) is 266 Å². The van der Waals surface area contributed by atoms with Gasteiger partial charge in [-0.25, -0.2) is 0 Å². The summed E-state index contributed by atoms with van der Waals surface area (Å²) in [5, 5.41) is 0. The van der Waals surface area contributed by atoms with E-state index in [2.05, 4.69) is 34.6 Å². The standard InChI is InChI=1S/C49H94O6/c1-6-8-9-10-11-12-13-14-17-21-24-31-36-41-49(52)55-46(43-54-48(51)40-35-30-26-25-28-33-38-45(5)7-2)42-53-47(50)39-34-29-23-20-18-15-16-19-22-27-32-37-44(3)4/h44-46H,6-43H2,1-5H3/t45?,46-/m1/s1. The van der Waals surface area contributed by atoms with Crippen molar-refractivity contribution in [3.8, 4) is 0 Å². The average molecular weight is 779 g/mol. The highest BCUT2D eigenvalue weighted by Crippen LogP contribution is 2.17. The lowest BCUT2D eigenvalue weighted by Crippen LogP contribution is -2.30. The van der Waals surface area contributed by atoms with Gasteiger partial charge in [0, 0.05) is 19.3 Å². The Morgan fingerprint density at radius 1 is 0.382 bits per heavy atom. The van der Waals surface area contributed by atoms with E-state index in [1.54, 1.807) is 0 Å². The number of hydrogen-bond donors (Lipinski definition) is 0. The van der Waals surface area contributed by atoms with Gasteiger partial charge in [0.2, 0.25) is 0 Å². The molecule has 0 aromatic rings. The summed E-state index contributed by atoms with van der Waals surface area (Å²) in [4.78, 5) is 37.8. The Morgan fingerprint density at radius 3 is 1.04 bits per heavy atom. The SMILES string of the molecule is CCCCCCCCCCCCCCCC(=O)O[C@H](COC(=O)CCCCCCCCCCCCCC(C)C)COC(=O)CCCCCCCCC(C)CC. The fourth-order valence-corrected chi connectivity index (χ4v) is 7.25. The van der Waals surface area contributed by atoms with E-state index in [-0.39, 0.29) is 31.1 Å². The first-order chi connectivity index (χ1) is 26.8. The molecule has 0 rings (SSSR count). The maximum Gasteiger partial charge on any atom is 0.306 e. The molecule has 0 aliphatic carbocycles. The van der Waals surface area contributed by atoms with E-state index in [1.807, 2.05) is 0 Å². The summed E-state index contributed by atoms with van der Waals surface area (Å²) in [5.41, 5.74) is 0. The molecule has 6 heteroatoms. The Labute approximate surface area is 342 Å². The highest BCUT2D eigenvalue weighted by Gasteiger charge is 2.19. The van der Waals surface area contributed by atoms with E-state index in [0.29, 0.717) is 19.3 Å². The van der Waals surface area contributed by atoms with Crippen LogP contribution in [0.25, 0.3) is 0 Å².